The summed E-state index contributed by atoms with van der Waals surface area (Å²) in [6.45, 7) is 1.25. The zero-order chi connectivity index (χ0) is 12.3. The Morgan fingerprint density at radius 3 is 2.41 bits per heavy atom. The monoisotopic (exact) mass is 256 g/mol. The zero-order valence-corrected chi connectivity index (χ0v) is 10.6. The Bertz CT molecular complexity index is 357. The van der Waals surface area contributed by atoms with Gasteiger partial charge in [0.05, 0.1) is 0 Å². The van der Waals surface area contributed by atoms with Crippen LogP contribution in [0.15, 0.2) is 24.3 Å². The molecule has 1 unspecified atom stereocenters. The molecule has 1 atom stereocenters. The number of methoxy groups -OCH3 is 1. The Morgan fingerprint density at radius 2 is 1.88 bits per heavy atom. The normalized spacial score (nSPS) is 21.1. The second-order valence-electron chi connectivity index (χ2n) is 4.34. The van der Waals surface area contributed by atoms with Crippen LogP contribution in [0.3, 0.4) is 0 Å². The van der Waals surface area contributed by atoms with Gasteiger partial charge in [0.25, 0.3) is 0 Å². The van der Waals surface area contributed by atoms with Crippen molar-refractivity contribution in [2.24, 2.45) is 0 Å². The molecule has 0 bridgehead atoms. The van der Waals surface area contributed by atoms with Gasteiger partial charge in [0.1, 0.15) is 11.7 Å². The maximum Gasteiger partial charge on any atom is 0.108 e. The predicted octanol–water partition coefficient (Wildman–Crippen LogP) is 2.57. The number of benzene rings is 1. The van der Waals surface area contributed by atoms with Crippen LogP contribution in [0.5, 0.6) is 0 Å². The maximum absolute atomic E-state index is 10.5. The van der Waals surface area contributed by atoms with Crippen molar-refractivity contribution in [2.75, 3.05) is 20.3 Å². The van der Waals surface area contributed by atoms with Crippen molar-refractivity contribution in [3.05, 3.63) is 34.9 Å². The fourth-order valence-corrected chi connectivity index (χ4v) is 2.38. The van der Waals surface area contributed by atoms with E-state index in [1.54, 1.807) is 19.2 Å². The number of hydrogen-bond acceptors (Lipinski definition) is 3. The van der Waals surface area contributed by atoms with Gasteiger partial charge < -0.3 is 14.6 Å². The highest BCUT2D eigenvalue weighted by molar-refractivity contribution is 6.30. The summed E-state index contributed by atoms with van der Waals surface area (Å²) in [5.41, 5.74) is 0.296. The predicted molar refractivity (Wildman–Crippen MR) is 66.2 cm³/mol. The summed E-state index contributed by atoms with van der Waals surface area (Å²) in [4.78, 5) is 0. The standard InChI is InChI=1S/C13H17ClO3/c1-16-13(6-8-17-9-7-13)12(15)10-2-4-11(14)5-3-10/h2-5,12,15H,6-9H2,1H3. The molecule has 0 radical (unpaired) electrons. The summed E-state index contributed by atoms with van der Waals surface area (Å²) in [5.74, 6) is 0. The van der Waals surface area contributed by atoms with Crippen molar-refractivity contribution in [3.8, 4) is 0 Å². The molecule has 1 aromatic rings. The lowest BCUT2D eigenvalue weighted by Gasteiger charge is -2.39. The molecule has 1 heterocycles. The van der Waals surface area contributed by atoms with Gasteiger partial charge in [0.15, 0.2) is 0 Å². The highest BCUT2D eigenvalue weighted by Crippen LogP contribution is 2.37. The van der Waals surface area contributed by atoms with Gasteiger partial charge in [-0.2, -0.15) is 0 Å². The molecular formula is C13H17ClO3. The summed E-state index contributed by atoms with van der Waals surface area (Å²) in [5, 5.41) is 11.1. The highest BCUT2D eigenvalue weighted by Gasteiger charge is 2.40. The molecule has 0 amide bonds. The lowest BCUT2D eigenvalue weighted by atomic mass is 9.84. The fraction of sp³-hybridized carbons (Fsp3) is 0.538. The summed E-state index contributed by atoms with van der Waals surface area (Å²) >= 11 is 5.84. The molecule has 1 fully saturated rings. The molecule has 1 aliphatic rings. The van der Waals surface area contributed by atoms with Gasteiger partial charge in [-0.05, 0) is 17.7 Å². The number of aliphatic hydroxyl groups excluding tert-OH is 1. The van der Waals surface area contributed by atoms with Crippen LogP contribution >= 0.6 is 11.6 Å². The molecule has 17 heavy (non-hydrogen) atoms. The van der Waals surface area contributed by atoms with Crippen LogP contribution in [0, 0.1) is 0 Å². The quantitative estimate of drug-likeness (QED) is 0.903. The van der Waals surface area contributed by atoms with Gasteiger partial charge in [-0.1, -0.05) is 23.7 Å². The van der Waals surface area contributed by atoms with Crippen LogP contribution in [0.1, 0.15) is 24.5 Å². The molecule has 94 valence electrons. The van der Waals surface area contributed by atoms with Crippen molar-refractivity contribution in [3.63, 3.8) is 0 Å². The van der Waals surface area contributed by atoms with E-state index in [1.165, 1.54) is 0 Å². The minimum Gasteiger partial charge on any atom is -0.385 e. The molecule has 2 rings (SSSR count). The molecule has 3 nitrogen and oxygen atoms in total. The number of ether oxygens (including phenoxy) is 2. The lowest BCUT2D eigenvalue weighted by molar-refractivity contribution is -0.154. The minimum atomic E-state index is -0.645. The molecule has 0 aliphatic carbocycles. The summed E-state index contributed by atoms with van der Waals surface area (Å²) in [7, 11) is 1.64. The van der Waals surface area contributed by atoms with Crippen molar-refractivity contribution in [1.82, 2.24) is 0 Å². The molecule has 0 saturated carbocycles. The number of aliphatic hydroxyl groups is 1. The molecule has 1 saturated heterocycles. The molecule has 1 aliphatic heterocycles. The SMILES string of the molecule is COC1(C(O)c2ccc(Cl)cc2)CCOCC1. The van der Waals surface area contributed by atoms with E-state index in [4.69, 9.17) is 21.1 Å². The number of hydrogen-bond donors (Lipinski definition) is 1. The van der Waals surface area contributed by atoms with E-state index in [9.17, 15) is 5.11 Å². The molecular weight excluding hydrogens is 240 g/mol. The van der Waals surface area contributed by atoms with E-state index < -0.39 is 11.7 Å². The summed E-state index contributed by atoms with van der Waals surface area (Å²) < 4.78 is 10.9. The van der Waals surface area contributed by atoms with Crippen molar-refractivity contribution < 1.29 is 14.6 Å². The fourth-order valence-electron chi connectivity index (χ4n) is 2.25. The first kappa shape index (κ1) is 12.8. The van der Waals surface area contributed by atoms with Crippen LogP contribution in [0.4, 0.5) is 0 Å². The molecule has 1 N–H and O–H groups in total. The molecule has 4 heteroatoms. The van der Waals surface area contributed by atoms with E-state index in [0.717, 1.165) is 5.56 Å². The molecule has 0 spiro atoms. The second-order valence-corrected chi connectivity index (χ2v) is 4.77. The number of rotatable bonds is 3. The van der Waals surface area contributed by atoms with Gasteiger partial charge in [-0.3, -0.25) is 0 Å². The minimum absolute atomic E-state index is 0.536. The third-order valence-electron chi connectivity index (χ3n) is 3.43. The second kappa shape index (κ2) is 5.36. The van der Waals surface area contributed by atoms with Crippen LogP contribution < -0.4 is 0 Å². The van der Waals surface area contributed by atoms with E-state index in [1.807, 2.05) is 12.1 Å². The lowest BCUT2D eigenvalue weighted by Crippen LogP contribution is -2.43. The Morgan fingerprint density at radius 1 is 1.29 bits per heavy atom. The van der Waals surface area contributed by atoms with Gasteiger partial charge in [-0.15, -0.1) is 0 Å². The summed E-state index contributed by atoms with van der Waals surface area (Å²) in [6.07, 6.45) is 0.759. The van der Waals surface area contributed by atoms with Gasteiger partial charge in [0, 0.05) is 38.2 Å². The Kier molecular flexibility index (Phi) is 4.05. The smallest absolute Gasteiger partial charge is 0.108 e. The third kappa shape index (κ3) is 2.63. The molecule has 0 aromatic heterocycles. The van der Waals surface area contributed by atoms with Gasteiger partial charge >= 0.3 is 0 Å². The van der Waals surface area contributed by atoms with Crippen LogP contribution in [-0.2, 0) is 9.47 Å². The van der Waals surface area contributed by atoms with Crippen LogP contribution in [-0.4, -0.2) is 31.0 Å². The van der Waals surface area contributed by atoms with Crippen LogP contribution in [0.2, 0.25) is 5.02 Å². The van der Waals surface area contributed by atoms with Crippen LogP contribution in [0.25, 0.3) is 0 Å². The van der Waals surface area contributed by atoms with E-state index in [2.05, 4.69) is 0 Å². The van der Waals surface area contributed by atoms with Gasteiger partial charge in [-0.25, -0.2) is 0 Å². The summed E-state index contributed by atoms with van der Waals surface area (Å²) in [6, 6.07) is 7.23. The Balaban J connectivity index is 2.21. The van der Waals surface area contributed by atoms with E-state index >= 15 is 0 Å². The first-order chi connectivity index (χ1) is 8.18. The van der Waals surface area contributed by atoms with Crippen molar-refractivity contribution >= 4 is 11.6 Å². The Labute approximate surface area is 106 Å². The zero-order valence-electron chi connectivity index (χ0n) is 9.86. The number of halogens is 1. The average molecular weight is 257 g/mol. The highest BCUT2D eigenvalue weighted by atomic mass is 35.5. The van der Waals surface area contributed by atoms with E-state index in [0.29, 0.717) is 31.1 Å². The van der Waals surface area contributed by atoms with Crippen molar-refractivity contribution in [2.45, 2.75) is 24.5 Å². The first-order valence-corrected chi connectivity index (χ1v) is 6.12. The third-order valence-corrected chi connectivity index (χ3v) is 3.68. The molecule has 1 aromatic carbocycles. The largest absolute Gasteiger partial charge is 0.385 e. The Hall–Kier alpha value is -0.610. The topological polar surface area (TPSA) is 38.7 Å². The van der Waals surface area contributed by atoms with Gasteiger partial charge in [0.2, 0.25) is 0 Å². The van der Waals surface area contributed by atoms with Crippen molar-refractivity contribution in [1.29, 1.82) is 0 Å². The maximum atomic E-state index is 10.5. The first-order valence-electron chi connectivity index (χ1n) is 5.74. The average Bonchev–Trinajstić information content (AvgIpc) is 2.39. The van der Waals surface area contributed by atoms with E-state index in [-0.39, 0.29) is 0 Å².